The standard InChI is InChI=1S/C26H19NO3/c28-26-22-13-12-20(29-14-6-9-18-7-2-1-3-8-18)16-24(22)30-25(26)15-19-17-27-23-11-5-4-10-21(19)23/h1-13,15-17,27H,14H2. The van der Waals surface area contributed by atoms with Gasteiger partial charge in [0, 0.05) is 28.7 Å². The second-order valence-corrected chi connectivity index (χ2v) is 7.01. The minimum atomic E-state index is -0.120. The van der Waals surface area contributed by atoms with Crippen LogP contribution < -0.4 is 9.47 Å². The Morgan fingerprint density at radius 2 is 1.80 bits per heavy atom. The van der Waals surface area contributed by atoms with Gasteiger partial charge in [0.25, 0.3) is 0 Å². The highest BCUT2D eigenvalue weighted by Gasteiger charge is 2.28. The summed E-state index contributed by atoms with van der Waals surface area (Å²) in [6.07, 6.45) is 7.63. The Bertz CT molecular complexity index is 1280. The average Bonchev–Trinajstić information content (AvgIpc) is 3.33. The average molecular weight is 393 g/mol. The topological polar surface area (TPSA) is 51.3 Å². The van der Waals surface area contributed by atoms with E-state index in [1.807, 2.05) is 72.9 Å². The van der Waals surface area contributed by atoms with Crippen molar-refractivity contribution in [3.8, 4) is 11.5 Å². The van der Waals surface area contributed by atoms with E-state index in [-0.39, 0.29) is 5.78 Å². The lowest BCUT2D eigenvalue weighted by Crippen LogP contribution is -1.97. The molecule has 0 radical (unpaired) electrons. The number of hydrogen-bond acceptors (Lipinski definition) is 3. The summed E-state index contributed by atoms with van der Waals surface area (Å²) < 4.78 is 11.6. The van der Waals surface area contributed by atoms with E-state index in [2.05, 4.69) is 4.98 Å². The summed E-state index contributed by atoms with van der Waals surface area (Å²) in [5.74, 6) is 1.38. The number of fused-ring (bicyclic) bond motifs is 2. The van der Waals surface area contributed by atoms with Crippen molar-refractivity contribution >= 4 is 28.8 Å². The SMILES string of the molecule is O=C1C(=Cc2c[nH]c3ccccc23)Oc2cc(OCC=Cc3ccccc3)ccc21. The number of nitrogens with one attached hydrogen (secondary N) is 1. The third-order valence-electron chi connectivity index (χ3n) is 5.01. The van der Waals surface area contributed by atoms with E-state index in [0.29, 0.717) is 29.4 Å². The van der Waals surface area contributed by atoms with Crippen LogP contribution in [0.5, 0.6) is 11.5 Å². The summed E-state index contributed by atoms with van der Waals surface area (Å²) in [6, 6.07) is 23.3. The molecule has 1 aliphatic rings. The van der Waals surface area contributed by atoms with Crippen LogP contribution in [0.2, 0.25) is 0 Å². The molecule has 1 aromatic heterocycles. The summed E-state index contributed by atoms with van der Waals surface area (Å²) in [4.78, 5) is 15.9. The van der Waals surface area contributed by atoms with Gasteiger partial charge in [-0.3, -0.25) is 4.79 Å². The number of allylic oxidation sites excluding steroid dienone is 1. The molecule has 4 heteroatoms. The predicted molar refractivity (Wildman–Crippen MR) is 119 cm³/mol. The van der Waals surface area contributed by atoms with Crippen molar-refractivity contribution < 1.29 is 14.3 Å². The van der Waals surface area contributed by atoms with E-state index < -0.39 is 0 Å². The first kappa shape index (κ1) is 18.0. The maximum atomic E-state index is 12.7. The first-order valence-corrected chi connectivity index (χ1v) is 9.77. The van der Waals surface area contributed by atoms with Crippen LogP contribution in [0.3, 0.4) is 0 Å². The molecule has 0 fully saturated rings. The highest BCUT2D eigenvalue weighted by Crippen LogP contribution is 2.35. The van der Waals surface area contributed by atoms with Crippen molar-refractivity contribution in [1.82, 2.24) is 4.98 Å². The lowest BCUT2D eigenvalue weighted by Gasteiger charge is -2.04. The van der Waals surface area contributed by atoms with E-state index in [0.717, 1.165) is 22.0 Å². The molecule has 5 rings (SSSR count). The Morgan fingerprint density at radius 1 is 0.967 bits per heavy atom. The lowest BCUT2D eigenvalue weighted by molar-refractivity contribution is 0.101. The molecule has 0 saturated heterocycles. The number of carbonyl (C=O) groups is 1. The summed E-state index contributed by atoms with van der Waals surface area (Å²) in [6.45, 7) is 0.430. The van der Waals surface area contributed by atoms with Crippen LogP contribution >= 0.6 is 0 Å². The van der Waals surface area contributed by atoms with E-state index in [4.69, 9.17) is 9.47 Å². The first-order valence-electron chi connectivity index (χ1n) is 9.77. The Balaban J connectivity index is 1.31. The van der Waals surface area contributed by atoms with Gasteiger partial charge in [-0.2, -0.15) is 0 Å². The van der Waals surface area contributed by atoms with Gasteiger partial charge in [-0.15, -0.1) is 0 Å². The van der Waals surface area contributed by atoms with Gasteiger partial charge < -0.3 is 14.5 Å². The van der Waals surface area contributed by atoms with Crippen LogP contribution in [0.1, 0.15) is 21.5 Å². The van der Waals surface area contributed by atoms with E-state index in [9.17, 15) is 4.79 Å². The highest BCUT2D eigenvalue weighted by molar-refractivity contribution is 6.15. The molecule has 0 aliphatic carbocycles. The minimum Gasteiger partial charge on any atom is -0.489 e. The largest absolute Gasteiger partial charge is 0.489 e. The van der Waals surface area contributed by atoms with Crippen LogP contribution in [0.25, 0.3) is 23.1 Å². The zero-order chi connectivity index (χ0) is 20.3. The van der Waals surface area contributed by atoms with Crippen LogP contribution in [-0.4, -0.2) is 17.4 Å². The number of hydrogen-bond donors (Lipinski definition) is 1. The molecule has 2 heterocycles. The molecule has 1 N–H and O–H groups in total. The van der Waals surface area contributed by atoms with Crippen LogP contribution in [0.4, 0.5) is 0 Å². The van der Waals surface area contributed by atoms with Gasteiger partial charge >= 0.3 is 0 Å². The number of para-hydroxylation sites is 1. The van der Waals surface area contributed by atoms with Crippen molar-refractivity contribution in [2.24, 2.45) is 0 Å². The van der Waals surface area contributed by atoms with Crippen molar-refractivity contribution in [2.45, 2.75) is 0 Å². The number of ether oxygens (including phenoxy) is 2. The molecule has 1 aliphatic heterocycles. The van der Waals surface area contributed by atoms with Gasteiger partial charge in [0.1, 0.15) is 18.1 Å². The smallest absolute Gasteiger partial charge is 0.231 e. The van der Waals surface area contributed by atoms with Crippen molar-refractivity contribution in [2.75, 3.05) is 6.61 Å². The Labute approximate surface area is 174 Å². The number of benzene rings is 3. The molecule has 4 aromatic rings. The molecule has 3 aromatic carbocycles. The first-order chi connectivity index (χ1) is 14.8. The molecular weight excluding hydrogens is 374 g/mol. The van der Waals surface area contributed by atoms with Gasteiger partial charge in [-0.1, -0.05) is 54.6 Å². The van der Waals surface area contributed by atoms with Gasteiger partial charge in [-0.05, 0) is 35.9 Å². The normalized spacial score (nSPS) is 14.4. The maximum Gasteiger partial charge on any atom is 0.231 e. The molecule has 0 unspecified atom stereocenters. The number of H-pyrrole nitrogens is 1. The van der Waals surface area contributed by atoms with Crippen molar-refractivity contribution in [3.63, 3.8) is 0 Å². The summed E-state index contributed by atoms with van der Waals surface area (Å²) >= 11 is 0. The fourth-order valence-corrected chi connectivity index (χ4v) is 3.50. The van der Waals surface area contributed by atoms with Gasteiger partial charge in [0.2, 0.25) is 5.78 Å². The summed E-state index contributed by atoms with van der Waals surface area (Å²) in [5, 5.41) is 1.05. The van der Waals surface area contributed by atoms with E-state index in [1.54, 1.807) is 24.3 Å². The molecule has 0 saturated carbocycles. The zero-order valence-electron chi connectivity index (χ0n) is 16.2. The molecular formula is C26H19NO3. The Morgan fingerprint density at radius 3 is 2.70 bits per heavy atom. The van der Waals surface area contributed by atoms with Gasteiger partial charge in [0.05, 0.1) is 5.56 Å². The fourth-order valence-electron chi connectivity index (χ4n) is 3.50. The number of rotatable bonds is 5. The van der Waals surface area contributed by atoms with Gasteiger partial charge in [0.15, 0.2) is 5.76 Å². The molecule has 0 spiro atoms. The summed E-state index contributed by atoms with van der Waals surface area (Å²) in [5.41, 5.74) is 3.61. The second kappa shape index (κ2) is 7.76. The second-order valence-electron chi connectivity index (χ2n) is 7.01. The van der Waals surface area contributed by atoms with Crippen LogP contribution in [0.15, 0.2) is 90.8 Å². The van der Waals surface area contributed by atoms with Crippen LogP contribution in [-0.2, 0) is 0 Å². The monoisotopic (exact) mass is 393 g/mol. The fraction of sp³-hybridized carbons (Fsp3) is 0.0385. The quantitative estimate of drug-likeness (QED) is 0.431. The number of carbonyl (C=O) groups excluding carboxylic acids is 1. The van der Waals surface area contributed by atoms with Crippen molar-refractivity contribution in [1.29, 1.82) is 0 Å². The molecule has 4 nitrogen and oxygen atoms in total. The molecule has 0 amide bonds. The summed E-state index contributed by atoms with van der Waals surface area (Å²) in [7, 11) is 0. The van der Waals surface area contributed by atoms with Crippen LogP contribution in [0, 0.1) is 0 Å². The number of aromatic nitrogens is 1. The molecule has 0 atom stereocenters. The third kappa shape index (κ3) is 3.51. The number of Topliss-reactive ketones (excluding diaryl/α,β-unsaturated/α-hetero) is 1. The maximum absolute atomic E-state index is 12.7. The molecule has 146 valence electrons. The Hall–Kier alpha value is -4.05. The lowest BCUT2D eigenvalue weighted by atomic mass is 10.1. The highest BCUT2D eigenvalue weighted by atomic mass is 16.5. The van der Waals surface area contributed by atoms with E-state index >= 15 is 0 Å². The number of aromatic amines is 1. The number of ketones is 1. The Kier molecular flexibility index (Phi) is 4.66. The third-order valence-corrected chi connectivity index (χ3v) is 5.01. The van der Waals surface area contributed by atoms with Gasteiger partial charge in [-0.25, -0.2) is 0 Å². The van der Waals surface area contributed by atoms with Crippen molar-refractivity contribution in [3.05, 3.63) is 108 Å². The molecule has 30 heavy (non-hydrogen) atoms. The zero-order valence-corrected chi connectivity index (χ0v) is 16.2. The predicted octanol–water partition coefficient (Wildman–Crippen LogP) is 5.88. The minimum absolute atomic E-state index is 0.120. The molecule has 0 bridgehead atoms. The van der Waals surface area contributed by atoms with E-state index in [1.165, 1.54) is 0 Å².